The monoisotopic (exact) mass is 780 g/mol. The fourth-order valence-corrected chi connectivity index (χ4v) is 5.76. The van der Waals surface area contributed by atoms with Crippen molar-refractivity contribution >= 4 is 23.9 Å². The van der Waals surface area contributed by atoms with E-state index in [1.807, 2.05) is 20.8 Å². The fourth-order valence-electron chi connectivity index (χ4n) is 5.76. The van der Waals surface area contributed by atoms with Gasteiger partial charge in [-0.15, -0.1) is 0 Å². The molecule has 0 saturated carbocycles. The number of aliphatic hydroxyl groups is 6. The number of esters is 4. The molecule has 10 atom stereocenters. The van der Waals surface area contributed by atoms with Crippen molar-refractivity contribution < 1.29 is 78.2 Å². The normalized spacial score (nSPS) is 22.7. The Hall–Kier alpha value is -2.44. The summed E-state index contributed by atoms with van der Waals surface area (Å²) >= 11 is 0. The number of carbonyl (C=O) groups excluding carboxylic acids is 4. The minimum atomic E-state index is -2.40. The van der Waals surface area contributed by atoms with Crippen LogP contribution in [0.3, 0.4) is 0 Å². The fraction of sp³-hybridized carbons (Fsp3) is 0.895. The van der Waals surface area contributed by atoms with Crippen molar-refractivity contribution in [3.8, 4) is 0 Å². The highest BCUT2D eigenvalue weighted by atomic mass is 16.8. The lowest BCUT2D eigenvalue weighted by molar-refractivity contribution is -0.349. The zero-order valence-corrected chi connectivity index (χ0v) is 32.7. The van der Waals surface area contributed by atoms with Crippen LogP contribution >= 0.6 is 0 Å². The van der Waals surface area contributed by atoms with Crippen molar-refractivity contribution in [1.29, 1.82) is 0 Å². The zero-order valence-electron chi connectivity index (χ0n) is 32.7. The van der Waals surface area contributed by atoms with E-state index in [0.29, 0.717) is 32.1 Å². The summed E-state index contributed by atoms with van der Waals surface area (Å²) in [5.41, 5.74) is 0. The average Bonchev–Trinajstić information content (AvgIpc) is 3.15. The van der Waals surface area contributed by atoms with Gasteiger partial charge in [0.25, 0.3) is 0 Å². The molecule has 0 radical (unpaired) electrons. The third-order valence-electron chi connectivity index (χ3n) is 9.09. The molecule has 0 aromatic heterocycles. The molecule has 1 unspecified atom stereocenters. The van der Waals surface area contributed by atoms with Crippen molar-refractivity contribution in [3.05, 3.63) is 0 Å². The van der Waals surface area contributed by atoms with Crippen LogP contribution in [-0.2, 0) is 47.6 Å². The molecule has 1 saturated heterocycles. The molecule has 0 spiro atoms. The number of hydrogen-bond acceptors (Lipinski definition) is 16. The molecule has 0 aromatic rings. The van der Waals surface area contributed by atoms with Gasteiger partial charge in [0.05, 0.1) is 6.61 Å². The van der Waals surface area contributed by atoms with E-state index in [1.54, 1.807) is 0 Å². The number of unbranched alkanes of at least 4 members (excludes halogenated alkanes) is 10. The van der Waals surface area contributed by atoms with Crippen molar-refractivity contribution in [3.63, 3.8) is 0 Å². The predicted molar refractivity (Wildman–Crippen MR) is 193 cm³/mol. The first-order chi connectivity index (χ1) is 25.8. The Bertz CT molecular complexity index is 1040. The minimum absolute atomic E-state index is 0.00200. The van der Waals surface area contributed by atoms with Gasteiger partial charge in [-0.2, -0.15) is 0 Å². The molecule has 0 amide bonds. The Kier molecular flexibility index (Phi) is 26.5. The van der Waals surface area contributed by atoms with Crippen LogP contribution in [0.4, 0.5) is 0 Å². The minimum Gasteiger partial charge on any atom is -0.463 e. The molecule has 316 valence electrons. The lowest BCUT2D eigenvalue weighted by Crippen LogP contribution is -2.64. The molecule has 1 rings (SSSR count). The summed E-state index contributed by atoms with van der Waals surface area (Å²) in [5, 5.41) is 61.1. The SMILES string of the molecule is CCCCCCCC(=O)O[C@@H]1[C@H](OC(O)[C@H](O)[C@@H](O)[C@H](O)[C@H](O)CO)O[C@H](COC(=O)CCCCC)[C@@H](OC(=O)CCCCC)[C@@H]1OC(=O)CCCCC. The first-order valence-electron chi connectivity index (χ1n) is 19.9. The van der Waals surface area contributed by atoms with Gasteiger partial charge in [-0.3, -0.25) is 19.2 Å². The van der Waals surface area contributed by atoms with Gasteiger partial charge in [-0.1, -0.05) is 91.9 Å². The topological polar surface area (TPSA) is 245 Å². The second-order valence-corrected chi connectivity index (χ2v) is 13.9. The Balaban J connectivity index is 3.64. The van der Waals surface area contributed by atoms with Gasteiger partial charge in [-0.05, 0) is 25.7 Å². The van der Waals surface area contributed by atoms with Gasteiger partial charge in [0.2, 0.25) is 6.29 Å². The quantitative estimate of drug-likeness (QED) is 0.0266. The number of ether oxygens (including phenoxy) is 6. The van der Waals surface area contributed by atoms with Gasteiger partial charge >= 0.3 is 23.9 Å². The number of aliphatic hydroxyl groups excluding tert-OH is 6. The highest BCUT2D eigenvalue weighted by Crippen LogP contribution is 2.32. The summed E-state index contributed by atoms with van der Waals surface area (Å²) in [4.78, 5) is 52.4. The van der Waals surface area contributed by atoms with Gasteiger partial charge in [0.15, 0.2) is 24.6 Å². The third kappa shape index (κ3) is 18.9. The average molecular weight is 781 g/mol. The standard InChI is InChI=1S/C38H68O16/c1-5-9-13-14-18-22-30(44)53-36-35(52-29(43)21-17-12-8-4)34(51-28(42)20-16-11-7-3)26(24-49-27(41)19-15-10-6-2)50-38(36)54-37(48)33(47)32(46)31(45)25(40)23-39/h25-26,31-40,45-48H,5-24H2,1-4H3/t25-,26-,31-,32+,33-,34-,35+,36+,37?,38+/m1/s1. The molecule has 1 fully saturated rings. The smallest absolute Gasteiger partial charge is 0.306 e. The molecule has 0 aromatic carbocycles. The van der Waals surface area contributed by atoms with Crippen LogP contribution < -0.4 is 0 Å². The van der Waals surface area contributed by atoms with E-state index in [9.17, 15) is 49.8 Å². The molecule has 54 heavy (non-hydrogen) atoms. The van der Waals surface area contributed by atoms with E-state index in [0.717, 1.165) is 57.8 Å². The summed E-state index contributed by atoms with van der Waals surface area (Å²) in [6, 6.07) is 0. The Labute approximate surface area is 319 Å². The van der Waals surface area contributed by atoms with Crippen LogP contribution in [0.1, 0.15) is 143 Å². The summed E-state index contributed by atoms with van der Waals surface area (Å²) in [6.07, 6.45) is -8.86. The van der Waals surface area contributed by atoms with Crippen LogP contribution in [-0.4, -0.2) is 129 Å². The molecule has 1 aliphatic rings. The van der Waals surface area contributed by atoms with E-state index in [-0.39, 0.29) is 25.7 Å². The molecule has 1 aliphatic heterocycles. The van der Waals surface area contributed by atoms with Gasteiger partial charge in [0.1, 0.15) is 37.1 Å². The predicted octanol–water partition coefficient (Wildman–Crippen LogP) is 2.86. The molecule has 1 heterocycles. The van der Waals surface area contributed by atoms with Crippen LogP contribution in [0, 0.1) is 0 Å². The van der Waals surface area contributed by atoms with E-state index in [2.05, 4.69) is 6.92 Å². The lowest BCUT2D eigenvalue weighted by atomic mass is 9.97. The zero-order chi connectivity index (χ0) is 40.5. The van der Waals surface area contributed by atoms with E-state index in [4.69, 9.17) is 28.4 Å². The highest BCUT2D eigenvalue weighted by molar-refractivity contribution is 5.72. The highest BCUT2D eigenvalue weighted by Gasteiger charge is 2.54. The van der Waals surface area contributed by atoms with Crippen LogP contribution in [0.5, 0.6) is 0 Å². The lowest BCUT2D eigenvalue weighted by Gasteiger charge is -2.45. The maximum absolute atomic E-state index is 13.3. The molecule has 0 aliphatic carbocycles. The van der Waals surface area contributed by atoms with Gasteiger partial charge in [0, 0.05) is 25.7 Å². The summed E-state index contributed by atoms with van der Waals surface area (Å²) in [5.74, 6) is -2.75. The second-order valence-electron chi connectivity index (χ2n) is 13.9. The number of hydrogen-bond donors (Lipinski definition) is 6. The van der Waals surface area contributed by atoms with E-state index in [1.165, 1.54) is 0 Å². The Morgan fingerprint density at radius 3 is 1.46 bits per heavy atom. The Morgan fingerprint density at radius 2 is 0.963 bits per heavy atom. The maximum atomic E-state index is 13.3. The van der Waals surface area contributed by atoms with Crippen LogP contribution in [0.25, 0.3) is 0 Å². The molecular weight excluding hydrogens is 712 g/mol. The van der Waals surface area contributed by atoms with Gasteiger partial charge in [-0.25, -0.2) is 0 Å². The van der Waals surface area contributed by atoms with Crippen LogP contribution in [0.2, 0.25) is 0 Å². The van der Waals surface area contributed by atoms with E-state index < -0.39 is 98.5 Å². The van der Waals surface area contributed by atoms with Crippen molar-refractivity contribution in [2.45, 2.75) is 205 Å². The van der Waals surface area contributed by atoms with Crippen molar-refractivity contribution in [2.75, 3.05) is 13.2 Å². The molecule has 16 heteroatoms. The number of carbonyl (C=O) groups is 4. The number of rotatable bonds is 30. The molecule has 16 nitrogen and oxygen atoms in total. The van der Waals surface area contributed by atoms with Crippen molar-refractivity contribution in [1.82, 2.24) is 0 Å². The first kappa shape index (κ1) is 49.6. The van der Waals surface area contributed by atoms with Crippen LogP contribution in [0.15, 0.2) is 0 Å². The third-order valence-corrected chi connectivity index (χ3v) is 9.09. The second kappa shape index (κ2) is 28.9. The largest absolute Gasteiger partial charge is 0.463 e. The molecule has 0 bridgehead atoms. The van der Waals surface area contributed by atoms with E-state index >= 15 is 0 Å². The molecular formula is C38H68O16. The summed E-state index contributed by atoms with van der Waals surface area (Å²) in [7, 11) is 0. The Morgan fingerprint density at radius 1 is 0.537 bits per heavy atom. The summed E-state index contributed by atoms with van der Waals surface area (Å²) < 4.78 is 34.7. The molecule has 6 N–H and O–H groups in total. The van der Waals surface area contributed by atoms with Gasteiger partial charge < -0.3 is 59.1 Å². The maximum Gasteiger partial charge on any atom is 0.306 e. The first-order valence-corrected chi connectivity index (χ1v) is 19.9. The summed E-state index contributed by atoms with van der Waals surface area (Å²) in [6.45, 7) is 6.41. The van der Waals surface area contributed by atoms with Crippen molar-refractivity contribution in [2.24, 2.45) is 0 Å².